The first kappa shape index (κ1) is 46.3. The molecule has 1 aliphatic rings. The molecule has 0 radical (unpaired) electrons. The normalized spacial score (nSPS) is 13.6. The zero-order chi connectivity index (χ0) is 53.4. The third kappa shape index (κ3) is 7.64. The van der Waals surface area contributed by atoms with Crippen LogP contribution in [-0.2, 0) is 0 Å². The number of benzene rings is 12. The van der Waals surface area contributed by atoms with Crippen molar-refractivity contribution >= 4 is 77.2 Å². The minimum atomic E-state index is -0.482. The van der Waals surface area contributed by atoms with Gasteiger partial charge in [-0.05, 0) is 117 Å². The number of nitrogens with zero attached hydrogens (tertiary/aromatic N) is 5. The summed E-state index contributed by atoms with van der Waals surface area (Å²) in [4.78, 5) is 11.2. The van der Waals surface area contributed by atoms with Crippen LogP contribution in [0.2, 0.25) is 0 Å². The van der Waals surface area contributed by atoms with E-state index in [2.05, 4.69) is 310 Å². The summed E-state index contributed by atoms with van der Waals surface area (Å²) in [7, 11) is 0. The van der Waals surface area contributed by atoms with Crippen molar-refractivity contribution in [1.29, 1.82) is 0 Å². The van der Waals surface area contributed by atoms with Crippen molar-refractivity contribution < 1.29 is 0 Å². The molecule has 3 aromatic heterocycles. The molecule has 0 saturated carbocycles. The van der Waals surface area contributed by atoms with Gasteiger partial charge in [0.1, 0.15) is 12.0 Å². The van der Waals surface area contributed by atoms with Gasteiger partial charge in [0.15, 0.2) is 0 Å². The lowest BCUT2D eigenvalue weighted by atomic mass is 9.95. The predicted octanol–water partition coefficient (Wildman–Crippen LogP) is 18.6. The second kappa shape index (κ2) is 19.0. The van der Waals surface area contributed by atoms with Gasteiger partial charge in [0.25, 0.3) is 0 Å². The fourth-order valence-electron chi connectivity index (χ4n) is 12.7. The number of aliphatic imine (C=N–C) groups is 2. The van der Waals surface area contributed by atoms with E-state index in [4.69, 9.17) is 9.98 Å². The highest BCUT2D eigenvalue weighted by molar-refractivity contribution is 6.23. The van der Waals surface area contributed by atoms with Gasteiger partial charge in [0.2, 0.25) is 5.96 Å². The molecule has 0 amide bonds. The molecule has 16 rings (SSSR count). The number of fused-ring (bicyclic) bond motifs is 9. The summed E-state index contributed by atoms with van der Waals surface area (Å²) in [6.45, 7) is 0. The number of nitrogens with one attached hydrogen (secondary N) is 1. The Morgan fingerprint density at radius 2 is 0.753 bits per heavy atom. The fourth-order valence-corrected chi connectivity index (χ4v) is 12.7. The number of amidine groups is 1. The maximum Gasteiger partial charge on any atom is 0.234 e. The number of hydrogen-bond donors (Lipinski definition) is 1. The summed E-state index contributed by atoms with van der Waals surface area (Å²) in [6, 6.07) is 105. The van der Waals surface area contributed by atoms with Crippen LogP contribution in [0.3, 0.4) is 0 Å². The summed E-state index contributed by atoms with van der Waals surface area (Å²) < 4.78 is 7.14. The Morgan fingerprint density at radius 1 is 0.296 bits per heavy atom. The highest BCUT2D eigenvalue weighted by Crippen LogP contribution is 2.46. The lowest BCUT2D eigenvalue weighted by Crippen LogP contribution is -2.35. The molecule has 0 spiro atoms. The second-order valence-corrected chi connectivity index (χ2v) is 20.9. The number of rotatable bonds is 8. The lowest BCUT2D eigenvalue weighted by molar-refractivity contribution is 0.668. The third-order valence-corrected chi connectivity index (χ3v) is 16.3. The molecule has 4 heterocycles. The van der Waals surface area contributed by atoms with Gasteiger partial charge in [-0.1, -0.05) is 224 Å². The Bertz CT molecular complexity index is 4950. The van der Waals surface area contributed by atoms with Crippen molar-refractivity contribution in [2.24, 2.45) is 9.98 Å². The SMILES string of the molecule is c1ccc(-c2cccc(C3N=C(n4c5ccccc5c5ccccc54)N=C(c4ccc(-c5ccccc5)cc4-n4c5ccccc5c5c(-c6cccc7c6c6ccc(-c8ccccc8)cc6n7-c6ccccc6)cccc54)N3)c2)cc1. The summed E-state index contributed by atoms with van der Waals surface area (Å²) in [6.07, 6.45) is -0.482. The van der Waals surface area contributed by atoms with E-state index in [1.165, 1.54) is 38.4 Å². The van der Waals surface area contributed by atoms with Gasteiger partial charge in [-0.15, -0.1) is 0 Å². The van der Waals surface area contributed by atoms with Gasteiger partial charge < -0.3 is 14.5 Å². The van der Waals surface area contributed by atoms with Crippen molar-refractivity contribution in [3.8, 4) is 55.9 Å². The first-order valence-electron chi connectivity index (χ1n) is 27.7. The van der Waals surface area contributed by atoms with Crippen LogP contribution < -0.4 is 5.32 Å². The largest absolute Gasteiger partial charge is 0.344 e. The smallest absolute Gasteiger partial charge is 0.234 e. The Labute approximate surface area is 468 Å². The van der Waals surface area contributed by atoms with Crippen molar-refractivity contribution in [2.45, 2.75) is 6.17 Å². The fraction of sp³-hybridized carbons (Fsp3) is 0.0133. The van der Waals surface area contributed by atoms with Crippen LogP contribution in [0, 0.1) is 0 Å². The van der Waals surface area contributed by atoms with E-state index < -0.39 is 6.17 Å². The summed E-state index contributed by atoms with van der Waals surface area (Å²) in [5, 5.41) is 11.0. The molecule has 1 N–H and O–H groups in total. The molecule has 1 unspecified atom stereocenters. The number of hydrogen-bond acceptors (Lipinski definition) is 3. The summed E-state index contributed by atoms with van der Waals surface area (Å²) >= 11 is 0. The van der Waals surface area contributed by atoms with Crippen LogP contribution >= 0.6 is 0 Å². The van der Waals surface area contributed by atoms with Crippen LogP contribution in [0.4, 0.5) is 0 Å². The molecule has 1 aliphatic heterocycles. The van der Waals surface area contributed by atoms with E-state index in [9.17, 15) is 0 Å². The zero-order valence-corrected chi connectivity index (χ0v) is 44.0. The van der Waals surface area contributed by atoms with Crippen LogP contribution in [0.5, 0.6) is 0 Å². The Kier molecular flexibility index (Phi) is 10.8. The van der Waals surface area contributed by atoms with Gasteiger partial charge in [-0.3, -0.25) is 4.57 Å². The average molecular weight is 1040 g/mol. The minimum absolute atomic E-state index is 0.482. The summed E-state index contributed by atoms with van der Waals surface area (Å²) in [5.41, 5.74) is 19.9. The van der Waals surface area contributed by atoms with E-state index in [1.807, 2.05) is 0 Å². The topological polar surface area (TPSA) is 51.5 Å². The van der Waals surface area contributed by atoms with E-state index in [1.54, 1.807) is 0 Å². The highest BCUT2D eigenvalue weighted by atomic mass is 15.3. The Morgan fingerprint density at radius 3 is 1.37 bits per heavy atom. The quantitative estimate of drug-likeness (QED) is 0.162. The molecule has 15 aromatic rings. The maximum atomic E-state index is 5.67. The first-order valence-corrected chi connectivity index (χ1v) is 27.7. The Balaban J connectivity index is 0.944. The van der Waals surface area contributed by atoms with Crippen molar-refractivity contribution in [3.05, 3.63) is 302 Å². The molecular weight excluding hydrogens is 985 g/mol. The minimum Gasteiger partial charge on any atom is -0.344 e. The van der Waals surface area contributed by atoms with Gasteiger partial charge in [0.05, 0.1) is 38.8 Å². The van der Waals surface area contributed by atoms with Crippen molar-refractivity contribution in [1.82, 2.24) is 19.0 Å². The average Bonchev–Trinajstić information content (AvgIpc) is 4.33. The zero-order valence-electron chi connectivity index (χ0n) is 44.0. The molecule has 6 nitrogen and oxygen atoms in total. The molecule has 380 valence electrons. The predicted molar refractivity (Wildman–Crippen MR) is 338 cm³/mol. The summed E-state index contributed by atoms with van der Waals surface area (Å²) in [5.74, 6) is 1.33. The second-order valence-electron chi connectivity index (χ2n) is 20.9. The molecular formula is C75H50N6. The molecule has 0 fully saturated rings. The van der Waals surface area contributed by atoms with Gasteiger partial charge in [-0.2, -0.15) is 4.99 Å². The molecule has 0 saturated heterocycles. The number of para-hydroxylation sites is 4. The van der Waals surface area contributed by atoms with Crippen molar-refractivity contribution in [2.75, 3.05) is 0 Å². The van der Waals surface area contributed by atoms with Gasteiger partial charge >= 0.3 is 0 Å². The van der Waals surface area contributed by atoms with E-state index >= 15 is 0 Å². The first-order chi connectivity index (χ1) is 40.2. The third-order valence-electron chi connectivity index (χ3n) is 16.3. The van der Waals surface area contributed by atoms with Crippen LogP contribution in [0.15, 0.2) is 301 Å². The molecule has 0 aliphatic carbocycles. The van der Waals surface area contributed by atoms with E-state index in [-0.39, 0.29) is 0 Å². The Hall–Kier alpha value is -10.8. The molecule has 12 aromatic carbocycles. The monoisotopic (exact) mass is 1030 g/mol. The highest BCUT2D eigenvalue weighted by Gasteiger charge is 2.28. The van der Waals surface area contributed by atoms with Crippen LogP contribution in [0.25, 0.3) is 121 Å². The maximum absolute atomic E-state index is 5.67. The van der Waals surface area contributed by atoms with Gasteiger partial charge in [0, 0.05) is 43.6 Å². The van der Waals surface area contributed by atoms with E-state index in [0.717, 1.165) is 99.8 Å². The molecule has 6 heteroatoms. The van der Waals surface area contributed by atoms with Gasteiger partial charge in [-0.25, -0.2) is 4.99 Å². The van der Waals surface area contributed by atoms with Crippen molar-refractivity contribution in [3.63, 3.8) is 0 Å². The molecule has 1 atom stereocenters. The van der Waals surface area contributed by atoms with Crippen LogP contribution in [-0.4, -0.2) is 25.5 Å². The lowest BCUT2D eigenvalue weighted by Gasteiger charge is -2.26. The van der Waals surface area contributed by atoms with Crippen LogP contribution in [0.1, 0.15) is 17.3 Å². The number of aromatic nitrogens is 3. The molecule has 0 bridgehead atoms. The van der Waals surface area contributed by atoms with E-state index in [0.29, 0.717) is 5.96 Å². The standard InChI is InChI=1S/C75H50N6/c1-5-22-49(23-6-1)52-28-19-29-55(46-52)73-76-74(78-75(77-73)81-64-37-16-13-32-57(64)58-33-14-17-38-65(58)81)63-45-43-54(51-26-9-3-10-27-51)48-70(63)80-66-39-18-15-34-61(66)71-59(36-21-41-68(71)80)60-35-20-40-67-72(60)62-44-42-53(50-24-7-2-8-25-50)47-69(62)79(67)56-30-11-4-12-31-56/h1-48,73H,(H,76,77,78). The molecule has 81 heavy (non-hydrogen) atoms.